The van der Waals surface area contributed by atoms with E-state index in [1.54, 1.807) is 12.1 Å². The van der Waals surface area contributed by atoms with Gasteiger partial charge >= 0.3 is 0 Å². The van der Waals surface area contributed by atoms with Crippen LogP contribution in [0.5, 0.6) is 0 Å². The summed E-state index contributed by atoms with van der Waals surface area (Å²) in [6, 6.07) is 11.7. The van der Waals surface area contributed by atoms with Crippen LogP contribution in [-0.2, 0) is 6.54 Å². The van der Waals surface area contributed by atoms with E-state index in [2.05, 4.69) is 32.6 Å². The molecule has 2 aromatic carbocycles. The zero-order chi connectivity index (χ0) is 25.8. The van der Waals surface area contributed by atoms with Crippen molar-refractivity contribution in [2.24, 2.45) is 5.92 Å². The van der Waals surface area contributed by atoms with E-state index in [-0.39, 0.29) is 17.2 Å². The smallest absolute Gasteiger partial charge is 0.293 e. The molecule has 0 unspecified atom stereocenters. The number of hydrogen-bond donors (Lipinski definition) is 3. The summed E-state index contributed by atoms with van der Waals surface area (Å²) in [5, 5.41) is 28.6. The molecule has 0 aliphatic carbocycles. The van der Waals surface area contributed by atoms with Gasteiger partial charge in [0.1, 0.15) is 11.5 Å². The molecule has 196 valence electrons. The van der Waals surface area contributed by atoms with E-state index in [9.17, 15) is 15.2 Å². The van der Waals surface area contributed by atoms with Gasteiger partial charge in [0.15, 0.2) is 0 Å². The number of anilines is 4. The third-order valence-corrected chi connectivity index (χ3v) is 7.41. The predicted octanol–water partition coefficient (Wildman–Crippen LogP) is 4.39. The van der Waals surface area contributed by atoms with E-state index in [0.29, 0.717) is 47.4 Å². The first-order valence-electron chi connectivity index (χ1n) is 13.2. The first kappa shape index (κ1) is 25.0. The summed E-state index contributed by atoms with van der Waals surface area (Å²) in [5.74, 6) is 1.64. The van der Waals surface area contributed by atoms with Crippen LogP contribution in [0.4, 0.5) is 28.8 Å². The van der Waals surface area contributed by atoms with Gasteiger partial charge in [0.2, 0.25) is 5.95 Å². The number of aliphatic hydroxyl groups is 1. The molecule has 0 atom stereocenters. The van der Waals surface area contributed by atoms with Crippen LogP contribution in [0, 0.1) is 16.0 Å². The van der Waals surface area contributed by atoms with Crippen LogP contribution in [0.2, 0.25) is 0 Å². The van der Waals surface area contributed by atoms with Crippen molar-refractivity contribution in [2.75, 3.05) is 59.8 Å². The van der Waals surface area contributed by atoms with Gasteiger partial charge in [-0.15, -0.1) is 0 Å². The molecule has 0 spiro atoms. The Labute approximate surface area is 216 Å². The summed E-state index contributed by atoms with van der Waals surface area (Å²) in [5.41, 5.74) is 3.47. The summed E-state index contributed by atoms with van der Waals surface area (Å²) in [6.07, 6.45) is 4.17. The first-order valence-corrected chi connectivity index (χ1v) is 13.2. The maximum atomic E-state index is 11.8. The second kappa shape index (κ2) is 11.2. The Morgan fingerprint density at radius 3 is 2.51 bits per heavy atom. The predicted molar refractivity (Wildman–Crippen MR) is 148 cm³/mol. The van der Waals surface area contributed by atoms with Gasteiger partial charge in [-0.05, 0) is 56.2 Å². The lowest BCUT2D eigenvalue weighted by Gasteiger charge is -2.34. The number of nitrogens with zero attached hydrogens (tertiary/aromatic N) is 5. The molecule has 2 fully saturated rings. The molecule has 10 nitrogen and oxygen atoms in total. The number of hydrogen-bond acceptors (Lipinski definition) is 9. The molecular formula is C27H35N7O3. The molecule has 2 saturated heterocycles. The Morgan fingerprint density at radius 1 is 1.05 bits per heavy atom. The van der Waals surface area contributed by atoms with Crippen molar-refractivity contribution >= 4 is 39.7 Å². The van der Waals surface area contributed by atoms with Crippen molar-refractivity contribution in [1.82, 2.24) is 9.97 Å². The summed E-state index contributed by atoms with van der Waals surface area (Å²) in [4.78, 5) is 25.7. The molecule has 5 rings (SSSR count). The standard InChI is InChI=1S/C27H35N7O3/c1-2-28-23-16-22-21(15-25(23)34(36)37)26(31-27(30-22)33-11-5-6-12-33)29-17-20-7-3-4-8-24(20)32-13-9-19(18-35)10-14-32/h3-4,7-8,15-16,19,28,35H,2,5-6,9-14,17-18H2,1H3,(H,29,30,31). The molecule has 3 N–H and O–H groups in total. The van der Waals surface area contributed by atoms with Crippen molar-refractivity contribution in [3.63, 3.8) is 0 Å². The Morgan fingerprint density at radius 2 is 1.81 bits per heavy atom. The number of nitrogens with one attached hydrogen (secondary N) is 2. The molecule has 0 amide bonds. The minimum absolute atomic E-state index is 0.0158. The van der Waals surface area contributed by atoms with Crippen LogP contribution >= 0.6 is 0 Å². The van der Waals surface area contributed by atoms with Gasteiger partial charge in [-0.1, -0.05) is 18.2 Å². The van der Waals surface area contributed by atoms with Crippen LogP contribution in [0.15, 0.2) is 36.4 Å². The lowest BCUT2D eigenvalue weighted by atomic mass is 9.97. The van der Waals surface area contributed by atoms with Gasteiger partial charge in [-0.2, -0.15) is 4.98 Å². The number of nitro benzene ring substituents is 1. The molecule has 0 radical (unpaired) electrons. The Hall–Kier alpha value is -3.66. The van der Waals surface area contributed by atoms with Gasteiger partial charge in [0.05, 0.1) is 10.4 Å². The van der Waals surface area contributed by atoms with Gasteiger partial charge in [0.25, 0.3) is 5.69 Å². The Bertz CT molecular complexity index is 1250. The number of nitro groups is 1. The summed E-state index contributed by atoms with van der Waals surface area (Å²) >= 11 is 0. The van der Waals surface area contributed by atoms with Crippen LogP contribution in [-0.4, -0.2) is 59.3 Å². The third kappa shape index (κ3) is 5.39. The second-order valence-corrected chi connectivity index (χ2v) is 9.84. The van der Waals surface area contributed by atoms with E-state index in [0.717, 1.165) is 57.4 Å². The van der Waals surface area contributed by atoms with Crippen molar-refractivity contribution in [3.05, 3.63) is 52.1 Å². The number of aliphatic hydroxyl groups excluding tert-OH is 1. The highest BCUT2D eigenvalue weighted by atomic mass is 16.6. The van der Waals surface area contributed by atoms with E-state index in [1.807, 2.05) is 19.1 Å². The maximum absolute atomic E-state index is 11.8. The second-order valence-electron chi connectivity index (χ2n) is 9.84. The topological polar surface area (TPSA) is 120 Å². The fourth-order valence-electron chi connectivity index (χ4n) is 5.33. The summed E-state index contributed by atoms with van der Waals surface area (Å²) in [7, 11) is 0. The van der Waals surface area contributed by atoms with Crippen molar-refractivity contribution in [1.29, 1.82) is 0 Å². The fourth-order valence-corrected chi connectivity index (χ4v) is 5.33. The van der Waals surface area contributed by atoms with Crippen molar-refractivity contribution in [2.45, 2.75) is 39.2 Å². The first-order chi connectivity index (χ1) is 18.1. The third-order valence-electron chi connectivity index (χ3n) is 7.41. The number of rotatable bonds is 9. The monoisotopic (exact) mass is 505 g/mol. The molecule has 1 aromatic heterocycles. The molecule has 10 heteroatoms. The maximum Gasteiger partial charge on any atom is 0.293 e. The zero-order valence-corrected chi connectivity index (χ0v) is 21.3. The lowest BCUT2D eigenvalue weighted by Crippen LogP contribution is -2.35. The Balaban J connectivity index is 1.49. The average molecular weight is 506 g/mol. The molecule has 37 heavy (non-hydrogen) atoms. The molecule has 2 aliphatic heterocycles. The van der Waals surface area contributed by atoms with Gasteiger partial charge in [-0.3, -0.25) is 10.1 Å². The van der Waals surface area contributed by atoms with Crippen molar-refractivity contribution in [3.8, 4) is 0 Å². The van der Waals surface area contributed by atoms with Crippen molar-refractivity contribution < 1.29 is 10.0 Å². The van der Waals surface area contributed by atoms with Crippen LogP contribution in [0.1, 0.15) is 38.2 Å². The Kier molecular flexibility index (Phi) is 7.55. The number of piperidine rings is 1. The minimum atomic E-state index is -0.360. The van der Waals surface area contributed by atoms with E-state index < -0.39 is 0 Å². The number of aromatic nitrogens is 2. The summed E-state index contributed by atoms with van der Waals surface area (Å²) < 4.78 is 0. The molecule has 2 aliphatic rings. The minimum Gasteiger partial charge on any atom is -0.396 e. The highest BCUT2D eigenvalue weighted by Gasteiger charge is 2.23. The van der Waals surface area contributed by atoms with E-state index >= 15 is 0 Å². The lowest BCUT2D eigenvalue weighted by molar-refractivity contribution is -0.383. The SMILES string of the molecule is CCNc1cc2nc(N3CCCC3)nc(NCc3ccccc3N3CCC(CO)CC3)c2cc1[N+](=O)[O-]. The largest absolute Gasteiger partial charge is 0.396 e. The molecule has 0 saturated carbocycles. The fraction of sp³-hybridized carbons (Fsp3) is 0.481. The summed E-state index contributed by atoms with van der Waals surface area (Å²) in [6.45, 7) is 6.92. The van der Waals surface area contributed by atoms with Crippen LogP contribution < -0.4 is 20.4 Å². The average Bonchev–Trinajstić information content (AvgIpc) is 3.47. The van der Waals surface area contributed by atoms with E-state index in [4.69, 9.17) is 9.97 Å². The quantitative estimate of drug-likeness (QED) is 0.287. The number of fused-ring (bicyclic) bond motifs is 1. The molecule has 0 bridgehead atoms. The van der Waals surface area contributed by atoms with Crippen LogP contribution in [0.25, 0.3) is 10.9 Å². The highest BCUT2D eigenvalue weighted by molar-refractivity contribution is 5.95. The molecular weight excluding hydrogens is 470 g/mol. The van der Waals surface area contributed by atoms with E-state index in [1.165, 1.54) is 5.69 Å². The van der Waals surface area contributed by atoms with Crippen LogP contribution in [0.3, 0.4) is 0 Å². The molecule has 3 aromatic rings. The normalized spacial score (nSPS) is 16.4. The highest BCUT2D eigenvalue weighted by Crippen LogP contribution is 2.35. The zero-order valence-electron chi connectivity index (χ0n) is 21.3. The molecule has 3 heterocycles. The number of para-hydroxylation sites is 1. The van der Waals surface area contributed by atoms with Gasteiger partial charge < -0.3 is 25.5 Å². The number of benzene rings is 2. The van der Waals surface area contributed by atoms with Gasteiger partial charge in [0, 0.05) is 63.0 Å². The van der Waals surface area contributed by atoms with Gasteiger partial charge in [-0.25, -0.2) is 4.98 Å².